The van der Waals surface area contributed by atoms with Crippen molar-refractivity contribution in [3.05, 3.63) is 57.2 Å². The summed E-state index contributed by atoms with van der Waals surface area (Å²) in [4.78, 5) is 12.9. The van der Waals surface area contributed by atoms with Crippen LogP contribution in [0.15, 0.2) is 57.2 Å². The van der Waals surface area contributed by atoms with Crippen LogP contribution in [-0.4, -0.2) is 17.0 Å². The highest BCUT2D eigenvalue weighted by Crippen LogP contribution is 2.48. The monoisotopic (exact) mass is 396 g/mol. The minimum absolute atomic E-state index is 0.0946. The summed E-state index contributed by atoms with van der Waals surface area (Å²) in [5.74, 6) is 0.481. The average molecular weight is 397 g/mol. The molecule has 0 fully saturated rings. The van der Waals surface area contributed by atoms with Gasteiger partial charge in [-0.2, -0.15) is 0 Å². The molecule has 2 aliphatic rings. The molecule has 0 saturated heterocycles. The van der Waals surface area contributed by atoms with Crippen molar-refractivity contribution in [1.82, 2.24) is 0 Å². The molecule has 0 radical (unpaired) electrons. The van der Waals surface area contributed by atoms with E-state index in [1.165, 1.54) is 11.1 Å². The van der Waals surface area contributed by atoms with Crippen LogP contribution >= 0.6 is 0 Å². The lowest BCUT2D eigenvalue weighted by atomic mass is 9.66. The van der Waals surface area contributed by atoms with Gasteiger partial charge in [0.1, 0.15) is 6.10 Å². The first kappa shape index (κ1) is 23.6. The Bertz CT molecular complexity index is 853. The molecule has 2 aliphatic carbocycles. The molecule has 2 rings (SSSR count). The maximum Gasteiger partial charge on any atom is 0.182 e. The van der Waals surface area contributed by atoms with Crippen LogP contribution in [-0.2, 0) is 4.79 Å². The fourth-order valence-electron chi connectivity index (χ4n) is 4.57. The van der Waals surface area contributed by atoms with Gasteiger partial charge in [0, 0.05) is 5.57 Å². The lowest BCUT2D eigenvalue weighted by molar-refractivity contribution is -0.111. The van der Waals surface area contributed by atoms with Crippen LogP contribution < -0.4 is 0 Å². The lowest BCUT2D eigenvalue weighted by Crippen LogP contribution is -2.31. The van der Waals surface area contributed by atoms with Gasteiger partial charge in [0.2, 0.25) is 0 Å². The molecular weight excluding hydrogens is 356 g/mol. The van der Waals surface area contributed by atoms with E-state index in [2.05, 4.69) is 88.3 Å². The third kappa shape index (κ3) is 4.58. The van der Waals surface area contributed by atoms with Crippen LogP contribution in [0.2, 0.25) is 0 Å². The van der Waals surface area contributed by atoms with Gasteiger partial charge in [0.15, 0.2) is 5.78 Å². The fourth-order valence-corrected chi connectivity index (χ4v) is 4.57. The van der Waals surface area contributed by atoms with Crippen molar-refractivity contribution < 1.29 is 9.90 Å². The Labute approximate surface area is 178 Å². The predicted octanol–water partition coefficient (Wildman–Crippen LogP) is 6.74. The van der Waals surface area contributed by atoms with Crippen molar-refractivity contribution >= 4 is 5.78 Å². The van der Waals surface area contributed by atoms with Gasteiger partial charge in [-0.05, 0) is 75.2 Å². The summed E-state index contributed by atoms with van der Waals surface area (Å²) in [6.45, 7) is 23.6. The van der Waals surface area contributed by atoms with E-state index in [0.717, 1.165) is 27.9 Å². The highest BCUT2D eigenvalue weighted by molar-refractivity contribution is 6.07. The fraction of sp³-hybridized carbons (Fsp3) is 0.593. The Morgan fingerprint density at radius 3 is 1.83 bits per heavy atom. The average Bonchev–Trinajstić information content (AvgIpc) is 2.53. The summed E-state index contributed by atoms with van der Waals surface area (Å²) < 4.78 is 0. The molecule has 0 saturated carbocycles. The molecule has 0 amide bonds. The van der Waals surface area contributed by atoms with Gasteiger partial charge in [-0.15, -0.1) is 0 Å². The molecule has 160 valence electrons. The van der Waals surface area contributed by atoms with E-state index in [4.69, 9.17) is 0 Å². The van der Waals surface area contributed by atoms with E-state index in [0.29, 0.717) is 0 Å². The molecule has 1 unspecified atom stereocenters. The van der Waals surface area contributed by atoms with Crippen molar-refractivity contribution in [2.75, 3.05) is 0 Å². The van der Waals surface area contributed by atoms with Gasteiger partial charge in [0.05, 0.1) is 0 Å². The van der Waals surface area contributed by atoms with Gasteiger partial charge in [-0.1, -0.05) is 75.3 Å². The Morgan fingerprint density at radius 1 is 0.862 bits per heavy atom. The van der Waals surface area contributed by atoms with Crippen LogP contribution in [0.4, 0.5) is 0 Å². The number of allylic oxidation sites excluding steroid dienone is 7. The zero-order valence-corrected chi connectivity index (χ0v) is 20.3. The highest BCUT2D eigenvalue weighted by atomic mass is 16.3. The summed E-state index contributed by atoms with van der Waals surface area (Å²) in [5.41, 5.74) is 6.96. The normalized spacial score (nSPS) is 24.3. The summed E-state index contributed by atoms with van der Waals surface area (Å²) in [5, 5.41) is 11.6. The molecule has 0 aromatic heterocycles. The first-order chi connectivity index (χ1) is 13.1. The van der Waals surface area contributed by atoms with E-state index in [1.807, 2.05) is 6.08 Å². The number of hydrogen-bond donors (Lipinski definition) is 1. The van der Waals surface area contributed by atoms with E-state index in [1.54, 1.807) is 0 Å². The maximum absolute atomic E-state index is 12.9. The van der Waals surface area contributed by atoms with Crippen LogP contribution in [0.1, 0.15) is 76.2 Å². The highest BCUT2D eigenvalue weighted by Gasteiger charge is 2.38. The Hall–Kier alpha value is -1.67. The molecule has 0 aromatic carbocycles. The molecule has 0 bridgehead atoms. The summed E-state index contributed by atoms with van der Waals surface area (Å²) in [6.07, 6.45) is 5.38. The zero-order valence-electron chi connectivity index (χ0n) is 20.3. The van der Waals surface area contributed by atoms with E-state index in [-0.39, 0.29) is 28.4 Å². The van der Waals surface area contributed by atoms with Gasteiger partial charge in [0.25, 0.3) is 0 Å². The Kier molecular flexibility index (Phi) is 6.41. The smallest absolute Gasteiger partial charge is 0.182 e. The molecule has 1 N–H and O–H groups in total. The minimum atomic E-state index is -0.661. The number of ketones is 1. The second kappa shape index (κ2) is 7.87. The quantitative estimate of drug-likeness (QED) is 0.561. The minimum Gasteiger partial charge on any atom is -0.384 e. The van der Waals surface area contributed by atoms with Gasteiger partial charge in [-0.3, -0.25) is 4.79 Å². The summed E-state index contributed by atoms with van der Waals surface area (Å²) in [6, 6.07) is 0. The number of carbonyl (C=O) groups is 1. The zero-order chi connectivity index (χ0) is 22.5. The van der Waals surface area contributed by atoms with Crippen molar-refractivity contribution in [2.24, 2.45) is 22.7 Å². The molecule has 0 heterocycles. The van der Waals surface area contributed by atoms with Crippen LogP contribution in [0.5, 0.6) is 0 Å². The number of aliphatic hydroxyl groups excluding tert-OH is 1. The molecule has 1 atom stereocenters. The van der Waals surface area contributed by atoms with Gasteiger partial charge < -0.3 is 5.11 Å². The number of carbonyl (C=O) groups excluding carboxylic acids is 1. The summed E-state index contributed by atoms with van der Waals surface area (Å²) >= 11 is 0. The van der Waals surface area contributed by atoms with Crippen molar-refractivity contribution in [3.8, 4) is 0 Å². The molecule has 2 heteroatoms. The van der Waals surface area contributed by atoms with E-state index < -0.39 is 6.10 Å². The van der Waals surface area contributed by atoms with Gasteiger partial charge in [-0.25, -0.2) is 0 Å². The molecule has 0 aromatic rings. The number of hydrogen-bond acceptors (Lipinski definition) is 2. The second-order valence-electron chi connectivity index (χ2n) is 11.3. The van der Waals surface area contributed by atoms with Crippen LogP contribution in [0.25, 0.3) is 0 Å². The second-order valence-corrected chi connectivity index (χ2v) is 11.3. The van der Waals surface area contributed by atoms with Gasteiger partial charge >= 0.3 is 0 Å². The van der Waals surface area contributed by atoms with Crippen LogP contribution in [0.3, 0.4) is 0 Å². The standard InChI is InChI=1S/C27H40O2/c1-15(2)18-13-20(21(14-22(18)28)26(6,7)8)23-24(27(9,10)11)17(5)12-19(16(3)4)25(23)29/h12-16,25,29H,1-11H3. The van der Waals surface area contributed by atoms with Crippen molar-refractivity contribution in [1.29, 1.82) is 0 Å². The molecule has 2 nitrogen and oxygen atoms in total. The third-order valence-corrected chi connectivity index (χ3v) is 5.92. The first-order valence-electron chi connectivity index (χ1n) is 10.9. The number of aliphatic hydroxyl groups is 1. The molecule has 0 aliphatic heterocycles. The van der Waals surface area contributed by atoms with Crippen LogP contribution in [0, 0.1) is 22.7 Å². The van der Waals surface area contributed by atoms with Crippen molar-refractivity contribution in [2.45, 2.75) is 82.3 Å². The molecule has 0 spiro atoms. The molecule has 29 heavy (non-hydrogen) atoms. The SMILES string of the molecule is CC1=C(C(C)(C)C)C(=C2C=C(C(C)C)C(=O)C=C2C(C)(C)C)C(O)C(C(C)C)=C1. The molecular formula is C27H40O2. The Balaban J connectivity index is 2.99. The maximum atomic E-state index is 12.9. The van der Waals surface area contributed by atoms with Crippen molar-refractivity contribution in [3.63, 3.8) is 0 Å². The van der Waals surface area contributed by atoms with E-state index >= 15 is 0 Å². The summed E-state index contributed by atoms with van der Waals surface area (Å²) in [7, 11) is 0. The first-order valence-corrected chi connectivity index (χ1v) is 10.9. The predicted molar refractivity (Wildman–Crippen MR) is 124 cm³/mol. The lowest BCUT2D eigenvalue weighted by Gasteiger charge is -2.39. The third-order valence-electron chi connectivity index (χ3n) is 5.92. The largest absolute Gasteiger partial charge is 0.384 e. The topological polar surface area (TPSA) is 37.3 Å². The van der Waals surface area contributed by atoms with E-state index in [9.17, 15) is 9.90 Å². The Morgan fingerprint density at radius 2 is 1.41 bits per heavy atom. The number of rotatable bonds is 2.